The summed E-state index contributed by atoms with van der Waals surface area (Å²) < 4.78 is 24.4. The van der Waals surface area contributed by atoms with Gasteiger partial charge in [-0.3, -0.25) is 4.79 Å². The quantitative estimate of drug-likeness (QED) is 0.621. The smallest absolute Gasteiger partial charge is 0.335 e. The molecule has 0 heterocycles. The maximum absolute atomic E-state index is 13.4. The van der Waals surface area contributed by atoms with Crippen molar-refractivity contribution in [2.75, 3.05) is 12.4 Å². The first kappa shape index (κ1) is 19.9. The minimum absolute atomic E-state index is 0.117. The summed E-state index contributed by atoms with van der Waals surface area (Å²) in [6, 6.07) is 14.7. The molecule has 0 spiro atoms. The number of hydrogen-bond donors (Lipinski definition) is 2. The van der Waals surface area contributed by atoms with Crippen molar-refractivity contribution in [2.24, 2.45) is 0 Å². The average molecular weight is 395 g/mol. The first-order valence-electron chi connectivity index (χ1n) is 8.64. The molecule has 2 N–H and O–H groups in total. The second kappa shape index (κ2) is 8.43. The number of nitrogens with one attached hydrogen (secondary N) is 1. The lowest BCUT2D eigenvalue weighted by Crippen LogP contribution is -2.13. The maximum atomic E-state index is 13.4. The van der Waals surface area contributed by atoms with E-state index in [0.717, 1.165) is 5.56 Å². The molecule has 0 unspecified atom stereocenters. The van der Waals surface area contributed by atoms with Crippen molar-refractivity contribution < 1.29 is 28.6 Å². The normalized spacial score (nSPS) is 10.3. The third-order valence-electron chi connectivity index (χ3n) is 4.11. The molecule has 1 amide bonds. The lowest BCUT2D eigenvalue weighted by atomic mass is 10.1. The highest BCUT2D eigenvalue weighted by Gasteiger charge is 2.16. The summed E-state index contributed by atoms with van der Waals surface area (Å²) in [4.78, 5) is 23.8. The fraction of sp³-hybridized carbons (Fsp3) is 0.0909. The molecule has 29 heavy (non-hydrogen) atoms. The van der Waals surface area contributed by atoms with E-state index in [4.69, 9.17) is 14.6 Å². The fourth-order valence-corrected chi connectivity index (χ4v) is 2.65. The standard InChI is InChI=1S/C22H18FNO5/c1-13-3-9-18(29-19-10-6-15(23)12-20(19)28-2)17(11-13)21(25)24-16-7-4-14(5-8-16)22(26)27/h3-12H,1-2H3,(H,24,25)(H,26,27). The van der Waals surface area contributed by atoms with E-state index in [1.54, 1.807) is 18.2 Å². The Balaban J connectivity index is 1.88. The van der Waals surface area contributed by atoms with Crippen LogP contribution in [0, 0.1) is 12.7 Å². The predicted octanol–water partition coefficient (Wildman–Crippen LogP) is 4.89. The molecular weight excluding hydrogens is 377 g/mol. The van der Waals surface area contributed by atoms with Gasteiger partial charge in [-0.1, -0.05) is 11.6 Å². The topological polar surface area (TPSA) is 84.9 Å². The summed E-state index contributed by atoms with van der Waals surface area (Å²) >= 11 is 0. The third-order valence-corrected chi connectivity index (χ3v) is 4.11. The Morgan fingerprint density at radius 1 is 0.931 bits per heavy atom. The number of carboxylic acid groups (broad SMARTS) is 1. The molecule has 0 radical (unpaired) electrons. The molecule has 0 saturated heterocycles. The summed E-state index contributed by atoms with van der Waals surface area (Å²) in [5.74, 6) is -1.24. The number of aromatic carboxylic acids is 1. The van der Waals surface area contributed by atoms with Gasteiger partial charge < -0.3 is 19.9 Å². The fourth-order valence-electron chi connectivity index (χ4n) is 2.65. The van der Waals surface area contributed by atoms with Gasteiger partial charge in [0.05, 0.1) is 18.2 Å². The number of halogens is 1. The number of ether oxygens (including phenoxy) is 2. The van der Waals surface area contributed by atoms with Gasteiger partial charge in [0.1, 0.15) is 11.6 Å². The molecule has 0 atom stereocenters. The molecule has 3 aromatic rings. The average Bonchev–Trinajstić information content (AvgIpc) is 2.70. The van der Waals surface area contributed by atoms with E-state index in [2.05, 4.69) is 5.32 Å². The molecule has 3 aromatic carbocycles. The van der Waals surface area contributed by atoms with E-state index in [-0.39, 0.29) is 28.4 Å². The number of carbonyl (C=O) groups is 2. The summed E-state index contributed by atoms with van der Waals surface area (Å²) in [5.41, 5.74) is 1.66. The molecule has 0 aliphatic carbocycles. The molecule has 3 rings (SSSR count). The van der Waals surface area contributed by atoms with Crippen LogP contribution in [0.1, 0.15) is 26.3 Å². The van der Waals surface area contributed by atoms with Crippen LogP contribution in [0.4, 0.5) is 10.1 Å². The van der Waals surface area contributed by atoms with Crippen LogP contribution in [0.2, 0.25) is 0 Å². The summed E-state index contributed by atoms with van der Waals surface area (Å²) in [5, 5.41) is 11.7. The Morgan fingerprint density at radius 3 is 2.28 bits per heavy atom. The molecular formula is C22H18FNO5. The zero-order valence-corrected chi connectivity index (χ0v) is 15.7. The van der Waals surface area contributed by atoms with Crippen LogP contribution in [0.25, 0.3) is 0 Å². The number of amides is 1. The van der Waals surface area contributed by atoms with Crippen molar-refractivity contribution in [2.45, 2.75) is 6.92 Å². The van der Waals surface area contributed by atoms with Gasteiger partial charge in [-0.25, -0.2) is 9.18 Å². The van der Waals surface area contributed by atoms with Gasteiger partial charge in [0.25, 0.3) is 5.91 Å². The number of benzene rings is 3. The maximum Gasteiger partial charge on any atom is 0.335 e. The van der Waals surface area contributed by atoms with E-state index >= 15 is 0 Å². The van der Waals surface area contributed by atoms with E-state index in [1.165, 1.54) is 49.6 Å². The highest BCUT2D eigenvalue weighted by atomic mass is 19.1. The minimum Gasteiger partial charge on any atom is -0.493 e. The Bertz CT molecular complexity index is 1060. The number of methoxy groups -OCH3 is 1. The Hall–Kier alpha value is -3.87. The zero-order valence-electron chi connectivity index (χ0n) is 15.7. The molecule has 0 aliphatic heterocycles. The van der Waals surface area contributed by atoms with Crippen molar-refractivity contribution >= 4 is 17.6 Å². The number of rotatable bonds is 6. The number of hydrogen-bond acceptors (Lipinski definition) is 4. The van der Waals surface area contributed by atoms with Crippen LogP contribution >= 0.6 is 0 Å². The molecule has 0 fully saturated rings. The highest BCUT2D eigenvalue weighted by molar-refractivity contribution is 6.06. The van der Waals surface area contributed by atoms with Gasteiger partial charge in [-0.2, -0.15) is 0 Å². The van der Waals surface area contributed by atoms with Crippen LogP contribution in [0.15, 0.2) is 60.7 Å². The lowest BCUT2D eigenvalue weighted by Gasteiger charge is -2.14. The minimum atomic E-state index is -1.05. The highest BCUT2D eigenvalue weighted by Crippen LogP contribution is 2.34. The summed E-state index contributed by atoms with van der Waals surface area (Å²) in [7, 11) is 1.39. The van der Waals surface area contributed by atoms with Crippen molar-refractivity contribution in [3.63, 3.8) is 0 Å². The van der Waals surface area contributed by atoms with Crippen molar-refractivity contribution in [3.05, 3.63) is 83.2 Å². The van der Waals surface area contributed by atoms with E-state index < -0.39 is 17.7 Å². The van der Waals surface area contributed by atoms with Crippen molar-refractivity contribution in [1.82, 2.24) is 0 Å². The SMILES string of the molecule is COc1cc(F)ccc1Oc1ccc(C)cc1C(=O)Nc1ccc(C(=O)O)cc1. The Morgan fingerprint density at radius 2 is 1.62 bits per heavy atom. The van der Waals surface area contributed by atoms with Gasteiger partial charge >= 0.3 is 5.97 Å². The molecule has 6 nitrogen and oxygen atoms in total. The van der Waals surface area contributed by atoms with Crippen LogP contribution < -0.4 is 14.8 Å². The third kappa shape index (κ3) is 4.70. The summed E-state index contributed by atoms with van der Waals surface area (Å²) in [6.45, 7) is 1.83. The number of aryl methyl sites for hydroxylation is 1. The van der Waals surface area contributed by atoms with Gasteiger partial charge in [0.15, 0.2) is 11.5 Å². The lowest BCUT2D eigenvalue weighted by molar-refractivity contribution is 0.0696. The second-order valence-electron chi connectivity index (χ2n) is 6.23. The summed E-state index contributed by atoms with van der Waals surface area (Å²) in [6.07, 6.45) is 0. The molecule has 0 aromatic heterocycles. The van der Waals surface area contributed by atoms with Crippen LogP contribution in [-0.2, 0) is 0 Å². The first-order valence-corrected chi connectivity index (χ1v) is 8.64. The second-order valence-corrected chi connectivity index (χ2v) is 6.23. The molecule has 0 bridgehead atoms. The zero-order chi connectivity index (χ0) is 21.0. The van der Waals surface area contributed by atoms with Gasteiger partial charge in [0, 0.05) is 11.8 Å². The first-order chi connectivity index (χ1) is 13.9. The van der Waals surface area contributed by atoms with E-state index in [9.17, 15) is 14.0 Å². The van der Waals surface area contributed by atoms with Crippen molar-refractivity contribution in [1.29, 1.82) is 0 Å². The molecule has 0 aliphatic rings. The van der Waals surface area contributed by atoms with Crippen LogP contribution in [0.5, 0.6) is 17.2 Å². The van der Waals surface area contributed by atoms with Gasteiger partial charge in [0.2, 0.25) is 0 Å². The van der Waals surface area contributed by atoms with Crippen LogP contribution in [0.3, 0.4) is 0 Å². The molecule has 0 saturated carbocycles. The van der Waals surface area contributed by atoms with Gasteiger partial charge in [-0.15, -0.1) is 0 Å². The van der Waals surface area contributed by atoms with E-state index in [0.29, 0.717) is 5.69 Å². The molecule has 148 valence electrons. The molecule has 7 heteroatoms. The monoisotopic (exact) mass is 395 g/mol. The largest absolute Gasteiger partial charge is 0.493 e. The van der Waals surface area contributed by atoms with E-state index in [1.807, 2.05) is 6.92 Å². The predicted molar refractivity (Wildman–Crippen MR) is 106 cm³/mol. The Labute approximate surface area is 166 Å². The number of anilines is 1. The number of carbonyl (C=O) groups excluding carboxylic acids is 1. The van der Waals surface area contributed by atoms with Crippen molar-refractivity contribution in [3.8, 4) is 17.2 Å². The number of carboxylic acids is 1. The Kier molecular flexibility index (Phi) is 5.78. The van der Waals surface area contributed by atoms with Crippen LogP contribution in [-0.4, -0.2) is 24.1 Å². The van der Waals surface area contributed by atoms with Gasteiger partial charge in [-0.05, 0) is 55.5 Å².